The summed E-state index contributed by atoms with van der Waals surface area (Å²) in [6, 6.07) is 6.74. The van der Waals surface area contributed by atoms with E-state index in [2.05, 4.69) is 6.08 Å². The van der Waals surface area contributed by atoms with E-state index in [-0.39, 0.29) is 12.0 Å². The fourth-order valence-electron chi connectivity index (χ4n) is 1.94. The molecule has 1 N–H and O–H groups in total. The number of aliphatic hydroxyl groups is 1. The maximum Gasteiger partial charge on any atom is 0.273 e. The van der Waals surface area contributed by atoms with Crippen LogP contribution in [-0.4, -0.2) is 12.2 Å². The van der Waals surface area contributed by atoms with Crippen molar-refractivity contribution in [2.75, 3.05) is 7.11 Å². The number of aliphatic hydroxyl groups excluding tert-OH is 1. The molecular weight excluding hydrogens is 246 g/mol. The first-order chi connectivity index (χ1) is 9.12. The number of halogens is 2. The van der Waals surface area contributed by atoms with Gasteiger partial charge in [-0.05, 0) is 31.2 Å². The monoisotopic (exact) mass is 268 g/mol. The summed E-state index contributed by atoms with van der Waals surface area (Å²) in [6.07, 6.45) is 6.69. The third-order valence-corrected chi connectivity index (χ3v) is 3.44. The molecule has 0 saturated heterocycles. The molecule has 1 aromatic rings. The van der Waals surface area contributed by atoms with Gasteiger partial charge in [0.15, 0.2) is 0 Å². The van der Waals surface area contributed by atoms with E-state index in [0.29, 0.717) is 0 Å². The Labute approximate surface area is 114 Å². The molecule has 19 heavy (non-hydrogen) atoms. The van der Waals surface area contributed by atoms with Crippen LogP contribution >= 0.6 is 0 Å². The highest BCUT2D eigenvalue weighted by Crippen LogP contribution is 2.31. The fourth-order valence-corrected chi connectivity index (χ4v) is 1.94. The van der Waals surface area contributed by atoms with Crippen LogP contribution < -0.4 is 0 Å². The van der Waals surface area contributed by atoms with Crippen molar-refractivity contribution in [2.24, 2.45) is 0 Å². The molecule has 1 aliphatic rings. The first-order valence-corrected chi connectivity index (χ1v) is 6.71. The normalized spacial score (nSPS) is 14.3. The van der Waals surface area contributed by atoms with Gasteiger partial charge in [-0.15, -0.1) is 0 Å². The van der Waals surface area contributed by atoms with Gasteiger partial charge in [-0.1, -0.05) is 42.8 Å². The van der Waals surface area contributed by atoms with E-state index in [1.807, 2.05) is 12.1 Å². The molecule has 1 aliphatic carbocycles. The lowest BCUT2D eigenvalue weighted by Crippen LogP contribution is -2.11. The molecule has 3 heteroatoms. The van der Waals surface area contributed by atoms with Crippen molar-refractivity contribution in [2.45, 2.75) is 45.0 Å². The number of benzene rings is 1. The molecule has 0 atom stereocenters. The lowest BCUT2D eigenvalue weighted by Gasteiger charge is -2.16. The van der Waals surface area contributed by atoms with Gasteiger partial charge < -0.3 is 5.11 Å². The van der Waals surface area contributed by atoms with Crippen molar-refractivity contribution >= 4 is 0 Å². The first kappa shape index (κ1) is 15.8. The zero-order valence-corrected chi connectivity index (χ0v) is 11.6. The molecule has 0 aromatic heterocycles. The molecule has 0 spiro atoms. The van der Waals surface area contributed by atoms with E-state index in [9.17, 15) is 8.78 Å². The van der Waals surface area contributed by atoms with E-state index < -0.39 is 5.92 Å². The van der Waals surface area contributed by atoms with Gasteiger partial charge in [-0.25, -0.2) is 8.78 Å². The van der Waals surface area contributed by atoms with Crippen molar-refractivity contribution < 1.29 is 13.9 Å². The van der Waals surface area contributed by atoms with Gasteiger partial charge in [-0.3, -0.25) is 0 Å². The summed E-state index contributed by atoms with van der Waals surface area (Å²) >= 11 is 0. The molecule has 106 valence electrons. The van der Waals surface area contributed by atoms with Gasteiger partial charge in [0.2, 0.25) is 0 Å². The second-order valence-electron chi connectivity index (χ2n) is 4.67. The lowest BCUT2D eigenvalue weighted by molar-refractivity contribution is -0.00829. The third kappa shape index (κ3) is 4.43. The summed E-state index contributed by atoms with van der Waals surface area (Å²) in [6.45, 7) is 1.51. The van der Waals surface area contributed by atoms with Gasteiger partial charge in [-0.2, -0.15) is 0 Å². The number of hydrogen-bond acceptors (Lipinski definition) is 1. The van der Waals surface area contributed by atoms with Crippen molar-refractivity contribution in [3.8, 4) is 0 Å². The van der Waals surface area contributed by atoms with Crippen molar-refractivity contribution in [3.63, 3.8) is 0 Å². The minimum Gasteiger partial charge on any atom is -0.400 e. The van der Waals surface area contributed by atoms with Gasteiger partial charge in [0.25, 0.3) is 5.92 Å². The maximum absolute atomic E-state index is 13.4. The minimum absolute atomic E-state index is 0.125. The Morgan fingerprint density at radius 1 is 1.16 bits per heavy atom. The van der Waals surface area contributed by atoms with E-state index in [0.717, 1.165) is 19.1 Å². The molecule has 1 aromatic carbocycles. The smallest absolute Gasteiger partial charge is 0.273 e. The average Bonchev–Trinajstić information content (AvgIpc) is 2.40. The molecule has 1 saturated carbocycles. The van der Waals surface area contributed by atoms with Crippen LogP contribution in [0.25, 0.3) is 0 Å². The Hall–Kier alpha value is -1.22. The largest absolute Gasteiger partial charge is 0.400 e. The van der Waals surface area contributed by atoms with Gasteiger partial charge in [0.05, 0.1) is 0 Å². The van der Waals surface area contributed by atoms with Crippen LogP contribution in [0.3, 0.4) is 0 Å². The third-order valence-electron chi connectivity index (χ3n) is 3.44. The second-order valence-corrected chi connectivity index (χ2v) is 4.67. The molecule has 2 rings (SSSR count). The number of allylic oxidation sites excluding steroid dienone is 2. The van der Waals surface area contributed by atoms with E-state index in [4.69, 9.17) is 5.11 Å². The van der Waals surface area contributed by atoms with Crippen LogP contribution in [0.15, 0.2) is 35.9 Å². The minimum atomic E-state index is -2.69. The average molecular weight is 268 g/mol. The Kier molecular flexibility index (Phi) is 6.16. The topological polar surface area (TPSA) is 20.2 Å². The molecule has 0 heterocycles. The van der Waals surface area contributed by atoms with Crippen LogP contribution in [0.1, 0.15) is 43.7 Å². The van der Waals surface area contributed by atoms with E-state index in [1.165, 1.54) is 31.8 Å². The zero-order valence-electron chi connectivity index (χ0n) is 11.6. The van der Waals surface area contributed by atoms with Gasteiger partial charge in [0, 0.05) is 19.1 Å². The lowest BCUT2D eigenvalue weighted by atomic mass is 9.91. The number of alkyl halides is 2. The second kappa shape index (κ2) is 7.39. The molecular formula is C16H22F2O. The molecule has 0 aliphatic heterocycles. The number of hydrogen-bond donors (Lipinski definition) is 1. The highest BCUT2D eigenvalue weighted by molar-refractivity contribution is 5.28. The molecule has 0 amide bonds. The molecule has 1 fully saturated rings. The molecule has 0 unspecified atom stereocenters. The van der Waals surface area contributed by atoms with Crippen LogP contribution in [0.5, 0.6) is 0 Å². The zero-order chi connectivity index (χ0) is 14.3. The maximum atomic E-state index is 13.4. The molecule has 1 nitrogen and oxygen atoms in total. The van der Waals surface area contributed by atoms with Crippen LogP contribution in [0.2, 0.25) is 0 Å². The predicted octanol–water partition coefficient (Wildman–Crippen LogP) is 4.45. The van der Waals surface area contributed by atoms with Crippen LogP contribution in [0.4, 0.5) is 8.78 Å². The van der Waals surface area contributed by atoms with Crippen molar-refractivity contribution in [3.05, 3.63) is 47.0 Å². The summed E-state index contributed by atoms with van der Waals surface area (Å²) < 4.78 is 26.8. The molecule has 0 radical (unpaired) electrons. The van der Waals surface area contributed by atoms with E-state index >= 15 is 0 Å². The standard InChI is InChI=1S/C15H18F2.CH4O/c1-2-15(16,17)14-10-8-13(9-11-14)7-6-12-4-3-5-12;1-2/h6,8-11H,2-5,7H2,1H3;2H,1H3. The van der Waals surface area contributed by atoms with Crippen molar-refractivity contribution in [1.29, 1.82) is 0 Å². The SMILES string of the molecule is CCC(F)(F)c1ccc(CC=C2CCC2)cc1.CO. The summed E-state index contributed by atoms with van der Waals surface area (Å²) in [7, 11) is 1.00. The van der Waals surface area contributed by atoms with Crippen LogP contribution in [0, 0.1) is 0 Å². The fraction of sp³-hybridized carbons (Fsp3) is 0.500. The number of rotatable bonds is 4. The Morgan fingerprint density at radius 2 is 1.74 bits per heavy atom. The highest BCUT2D eigenvalue weighted by Gasteiger charge is 2.28. The Morgan fingerprint density at radius 3 is 2.16 bits per heavy atom. The first-order valence-electron chi connectivity index (χ1n) is 6.71. The Bertz CT molecular complexity index is 401. The highest BCUT2D eigenvalue weighted by atomic mass is 19.3. The van der Waals surface area contributed by atoms with E-state index in [1.54, 1.807) is 12.1 Å². The summed E-state index contributed by atoms with van der Waals surface area (Å²) in [5, 5.41) is 7.00. The predicted molar refractivity (Wildman–Crippen MR) is 74.4 cm³/mol. The van der Waals surface area contributed by atoms with Crippen LogP contribution in [-0.2, 0) is 12.3 Å². The van der Waals surface area contributed by atoms with Gasteiger partial charge >= 0.3 is 0 Å². The molecule has 0 bridgehead atoms. The Balaban J connectivity index is 0.000000861. The quantitative estimate of drug-likeness (QED) is 0.800. The summed E-state index contributed by atoms with van der Waals surface area (Å²) in [5.41, 5.74) is 2.74. The van der Waals surface area contributed by atoms with Crippen molar-refractivity contribution in [1.82, 2.24) is 0 Å². The summed E-state index contributed by atoms with van der Waals surface area (Å²) in [4.78, 5) is 0. The summed E-state index contributed by atoms with van der Waals surface area (Å²) in [5.74, 6) is -2.69. The van der Waals surface area contributed by atoms with Gasteiger partial charge in [0.1, 0.15) is 0 Å².